The first-order valence-electron chi connectivity index (χ1n) is 6.78. The number of hydrogen-bond acceptors (Lipinski definition) is 4. The van der Waals surface area contributed by atoms with Crippen molar-refractivity contribution in [3.05, 3.63) is 0 Å². The highest BCUT2D eigenvalue weighted by Gasteiger charge is 2.24. The molecule has 1 rings (SSSR count). The molecule has 0 radical (unpaired) electrons. The summed E-state index contributed by atoms with van der Waals surface area (Å²) < 4.78 is 0. The molecular formula is C13H29N3O. The van der Waals surface area contributed by atoms with Crippen LogP contribution in [0.4, 0.5) is 0 Å². The fourth-order valence-electron chi connectivity index (χ4n) is 2.08. The first-order chi connectivity index (χ1) is 7.95. The van der Waals surface area contributed by atoms with E-state index in [4.69, 9.17) is 0 Å². The third-order valence-electron chi connectivity index (χ3n) is 4.06. The van der Waals surface area contributed by atoms with Crippen molar-refractivity contribution in [1.82, 2.24) is 15.1 Å². The van der Waals surface area contributed by atoms with E-state index in [2.05, 4.69) is 42.9 Å². The molecule has 0 spiro atoms. The molecule has 0 aliphatic carbocycles. The van der Waals surface area contributed by atoms with Crippen LogP contribution in [0.15, 0.2) is 0 Å². The molecule has 1 saturated heterocycles. The van der Waals surface area contributed by atoms with Crippen molar-refractivity contribution < 1.29 is 5.11 Å². The molecule has 0 aromatic heterocycles. The van der Waals surface area contributed by atoms with Crippen molar-refractivity contribution in [1.29, 1.82) is 0 Å². The van der Waals surface area contributed by atoms with E-state index in [0.29, 0.717) is 0 Å². The second kappa shape index (κ2) is 6.69. The lowest BCUT2D eigenvalue weighted by atomic mass is 9.99. The molecule has 4 nitrogen and oxygen atoms in total. The molecule has 0 saturated carbocycles. The average Bonchev–Trinajstić information content (AvgIpc) is 2.30. The van der Waals surface area contributed by atoms with Crippen LogP contribution in [-0.4, -0.2) is 72.9 Å². The summed E-state index contributed by atoms with van der Waals surface area (Å²) in [5, 5.41) is 13.5. The van der Waals surface area contributed by atoms with Crippen LogP contribution in [0.2, 0.25) is 0 Å². The van der Waals surface area contributed by atoms with E-state index < -0.39 is 0 Å². The van der Waals surface area contributed by atoms with Gasteiger partial charge in [0.25, 0.3) is 0 Å². The molecular weight excluding hydrogens is 214 g/mol. The van der Waals surface area contributed by atoms with E-state index in [1.165, 1.54) is 0 Å². The standard InChI is InChI=1S/C13H29N3O/c1-5-13(2,3)15(4)10-12(17)11-16-8-6-14-7-9-16/h12,14,17H,5-11H2,1-4H3. The number of nitrogens with zero attached hydrogens (tertiary/aromatic N) is 2. The van der Waals surface area contributed by atoms with Crippen LogP contribution in [0.25, 0.3) is 0 Å². The first kappa shape index (κ1) is 14.9. The van der Waals surface area contributed by atoms with Crippen LogP contribution in [0.1, 0.15) is 27.2 Å². The summed E-state index contributed by atoms with van der Waals surface area (Å²) in [5.74, 6) is 0. The number of rotatable bonds is 6. The summed E-state index contributed by atoms with van der Waals surface area (Å²) in [6, 6.07) is 0. The monoisotopic (exact) mass is 243 g/mol. The van der Waals surface area contributed by atoms with Gasteiger partial charge in [0.05, 0.1) is 6.10 Å². The van der Waals surface area contributed by atoms with E-state index in [0.717, 1.165) is 45.7 Å². The van der Waals surface area contributed by atoms with Crippen molar-refractivity contribution in [3.8, 4) is 0 Å². The Bertz CT molecular complexity index is 215. The third kappa shape index (κ3) is 4.92. The minimum Gasteiger partial charge on any atom is -0.390 e. The highest BCUT2D eigenvalue weighted by molar-refractivity contribution is 4.80. The zero-order valence-electron chi connectivity index (χ0n) is 11.9. The Labute approximate surface area is 106 Å². The van der Waals surface area contributed by atoms with Crippen molar-refractivity contribution in [2.45, 2.75) is 38.8 Å². The lowest BCUT2D eigenvalue weighted by Gasteiger charge is -2.37. The lowest BCUT2D eigenvalue weighted by Crippen LogP contribution is -2.50. The minimum atomic E-state index is -0.246. The number of aliphatic hydroxyl groups excluding tert-OH is 1. The summed E-state index contributed by atoms with van der Waals surface area (Å²) in [5.41, 5.74) is 0.171. The summed E-state index contributed by atoms with van der Waals surface area (Å²) in [6.07, 6.45) is 0.855. The number of piperazine rings is 1. The normalized spacial score (nSPS) is 20.8. The molecule has 1 aliphatic heterocycles. The van der Waals surface area contributed by atoms with Crippen molar-refractivity contribution in [2.75, 3.05) is 46.3 Å². The smallest absolute Gasteiger partial charge is 0.0793 e. The number of β-amino-alcohol motifs (C(OH)–C–C–N with tert-alkyl or cyclic N) is 1. The molecule has 1 aliphatic rings. The maximum Gasteiger partial charge on any atom is 0.0793 e. The summed E-state index contributed by atoms with van der Waals surface area (Å²) in [6.45, 7) is 12.4. The van der Waals surface area contributed by atoms with Gasteiger partial charge in [-0.2, -0.15) is 0 Å². The van der Waals surface area contributed by atoms with Gasteiger partial charge in [-0.1, -0.05) is 6.92 Å². The first-order valence-corrected chi connectivity index (χ1v) is 6.78. The zero-order valence-corrected chi connectivity index (χ0v) is 11.9. The largest absolute Gasteiger partial charge is 0.390 e. The number of hydrogen-bond donors (Lipinski definition) is 2. The van der Waals surface area contributed by atoms with E-state index in [9.17, 15) is 5.11 Å². The zero-order chi connectivity index (χ0) is 12.9. The van der Waals surface area contributed by atoms with Gasteiger partial charge in [0, 0.05) is 44.8 Å². The molecule has 4 heteroatoms. The topological polar surface area (TPSA) is 38.7 Å². The van der Waals surface area contributed by atoms with Crippen LogP contribution in [0.5, 0.6) is 0 Å². The van der Waals surface area contributed by atoms with Gasteiger partial charge in [-0.05, 0) is 27.3 Å². The van der Waals surface area contributed by atoms with E-state index >= 15 is 0 Å². The molecule has 1 fully saturated rings. The fourth-order valence-corrected chi connectivity index (χ4v) is 2.08. The van der Waals surface area contributed by atoms with Crippen LogP contribution in [0.3, 0.4) is 0 Å². The van der Waals surface area contributed by atoms with Gasteiger partial charge in [0.2, 0.25) is 0 Å². The van der Waals surface area contributed by atoms with Crippen molar-refractivity contribution in [2.24, 2.45) is 0 Å². The summed E-state index contributed by atoms with van der Waals surface area (Å²) >= 11 is 0. The molecule has 17 heavy (non-hydrogen) atoms. The second-order valence-electron chi connectivity index (χ2n) is 5.75. The summed E-state index contributed by atoms with van der Waals surface area (Å²) in [7, 11) is 2.10. The molecule has 0 aromatic rings. The minimum absolute atomic E-state index is 0.171. The number of nitrogens with one attached hydrogen (secondary N) is 1. The van der Waals surface area contributed by atoms with E-state index in [1.807, 2.05) is 0 Å². The second-order valence-corrected chi connectivity index (χ2v) is 5.75. The number of aliphatic hydroxyl groups is 1. The van der Waals surface area contributed by atoms with Crippen molar-refractivity contribution in [3.63, 3.8) is 0 Å². The third-order valence-corrected chi connectivity index (χ3v) is 4.06. The fraction of sp³-hybridized carbons (Fsp3) is 1.00. The van der Waals surface area contributed by atoms with Crippen molar-refractivity contribution >= 4 is 0 Å². The van der Waals surface area contributed by atoms with Crippen LogP contribution in [-0.2, 0) is 0 Å². The van der Waals surface area contributed by atoms with Gasteiger partial charge in [0.15, 0.2) is 0 Å². The maximum atomic E-state index is 10.1. The Balaban J connectivity index is 2.30. The highest BCUT2D eigenvalue weighted by atomic mass is 16.3. The Morgan fingerprint density at radius 1 is 1.35 bits per heavy atom. The van der Waals surface area contributed by atoms with Gasteiger partial charge >= 0.3 is 0 Å². The highest BCUT2D eigenvalue weighted by Crippen LogP contribution is 2.16. The molecule has 2 N–H and O–H groups in total. The molecule has 0 amide bonds. The molecule has 0 bridgehead atoms. The Morgan fingerprint density at radius 2 is 1.94 bits per heavy atom. The predicted octanol–water partition coefficient (Wildman–Crippen LogP) is 0.373. The van der Waals surface area contributed by atoms with Crippen LogP contribution in [0, 0.1) is 0 Å². The molecule has 102 valence electrons. The molecule has 1 atom stereocenters. The quantitative estimate of drug-likeness (QED) is 0.707. The van der Waals surface area contributed by atoms with Gasteiger partial charge in [-0.3, -0.25) is 9.80 Å². The van der Waals surface area contributed by atoms with Gasteiger partial charge < -0.3 is 10.4 Å². The van der Waals surface area contributed by atoms with Gasteiger partial charge in [-0.15, -0.1) is 0 Å². The van der Waals surface area contributed by atoms with E-state index in [1.54, 1.807) is 0 Å². The maximum absolute atomic E-state index is 10.1. The molecule has 0 aromatic carbocycles. The lowest BCUT2D eigenvalue weighted by molar-refractivity contribution is 0.0427. The Kier molecular flexibility index (Phi) is 5.86. The average molecular weight is 243 g/mol. The summed E-state index contributed by atoms with van der Waals surface area (Å²) in [4.78, 5) is 4.60. The SMILES string of the molecule is CCC(C)(C)N(C)CC(O)CN1CCNCC1. The predicted molar refractivity (Wildman–Crippen MR) is 72.3 cm³/mol. The molecule has 1 heterocycles. The molecule has 1 unspecified atom stereocenters. The van der Waals surface area contributed by atoms with Crippen LogP contribution < -0.4 is 5.32 Å². The van der Waals surface area contributed by atoms with Crippen LogP contribution >= 0.6 is 0 Å². The van der Waals surface area contributed by atoms with E-state index in [-0.39, 0.29) is 11.6 Å². The Morgan fingerprint density at radius 3 is 2.47 bits per heavy atom. The number of likely N-dealkylation sites (N-methyl/N-ethyl adjacent to an activating group) is 1. The Hall–Kier alpha value is -0.160. The van der Waals surface area contributed by atoms with Gasteiger partial charge in [-0.25, -0.2) is 0 Å². The van der Waals surface area contributed by atoms with Gasteiger partial charge in [0.1, 0.15) is 0 Å².